The fraction of sp³-hybridized carbons (Fsp3) is 0.364. The summed E-state index contributed by atoms with van der Waals surface area (Å²) in [5, 5.41) is 1.04. The molecule has 0 aliphatic carbocycles. The second-order valence-corrected chi connectivity index (χ2v) is 8.27. The molecule has 1 saturated heterocycles. The van der Waals surface area contributed by atoms with E-state index in [2.05, 4.69) is 30.9 Å². The van der Waals surface area contributed by atoms with Gasteiger partial charge in [-0.2, -0.15) is 0 Å². The summed E-state index contributed by atoms with van der Waals surface area (Å²) in [7, 11) is 1.62. The van der Waals surface area contributed by atoms with Gasteiger partial charge >= 0.3 is 0 Å². The van der Waals surface area contributed by atoms with Crippen molar-refractivity contribution in [2.24, 2.45) is 0 Å². The van der Waals surface area contributed by atoms with Crippen LogP contribution in [0.25, 0.3) is 10.2 Å². The van der Waals surface area contributed by atoms with E-state index in [9.17, 15) is 4.79 Å². The van der Waals surface area contributed by atoms with Crippen LogP contribution in [0.1, 0.15) is 11.1 Å². The summed E-state index contributed by atoms with van der Waals surface area (Å²) in [6.07, 6.45) is 0. The van der Waals surface area contributed by atoms with Gasteiger partial charge in [0.15, 0.2) is 11.7 Å². The summed E-state index contributed by atoms with van der Waals surface area (Å²) in [6.45, 7) is 7.20. The molecule has 1 amide bonds. The third-order valence-corrected chi connectivity index (χ3v) is 6.21. The average molecular weight is 412 g/mol. The van der Waals surface area contributed by atoms with Crippen molar-refractivity contribution in [3.63, 3.8) is 0 Å². The summed E-state index contributed by atoms with van der Waals surface area (Å²) in [5.41, 5.74) is 3.56. The summed E-state index contributed by atoms with van der Waals surface area (Å²) < 4.78 is 12.0. The minimum Gasteiger partial charge on any atom is -0.497 e. The van der Waals surface area contributed by atoms with Crippen molar-refractivity contribution in [2.45, 2.75) is 13.8 Å². The third-order valence-electron chi connectivity index (χ3n) is 5.14. The average Bonchev–Trinajstić information content (AvgIpc) is 3.17. The predicted octanol–water partition coefficient (Wildman–Crippen LogP) is 3.65. The minimum atomic E-state index is 0.0104. The Balaban J connectivity index is 1.32. The van der Waals surface area contributed by atoms with E-state index in [0.29, 0.717) is 18.8 Å². The number of fused-ring (bicyclic) bond motifs is 1. The number of anilines is 1. The van der Waals surface area contributed by atoms with Crippen molar-refractivity contribution in [1.82, 2.24) is 9.88 Å². The summed E-state index contributed by atoms with van der Waals surface area (Å²) in [6, 6.07) is 11.6. The molecule has 1 aromatic heterocycles. The van der Waals surface area contributed by atoms with E-state index in [-0.39, 0.29) is 12.5 Å². The molecule has 1 aliphatic rings. The number of ether oxygens (including phenoxy) is 2. The Labute approximate surface area is 174 Å². The normalized spacial score (nSPS) is 14.3. The highest BCUT2D eigenvalue weighted by atomic mass is 32.1. The van der Waals surface area contributed by atoms with Gasteiger partial charge in [-0.1, -0.05) is 17.4 Å². The van der Waals surface area contributed by atoms with Crippen LogP contribution in [0.15, 0.2) is 36.4 Å². The lowest BCUT2D eigenvalue weighted by atomic mass is 10.1. The molecule has 0 N–H and O–H groups in total. The highest BCUT2D eigenvalue weighted by Crippen LogP contribution is 2.32. The Morgan fingerprint density at radius 2 is 1.76 bits per heavy atom. The SMILES string of the molecule is COc1ccc(OCC(=O)N2CCN(c3nc4c(C)cc(C)cc4s3)CC2)cc1. The highest BCUT2D eigenvalue weighted by molar-refractivity contribution is 7.22. The van der Waals surface area contributed by atoms with E-state index >= 15 is 0 Å². The second kappa shape index (κ2) is 8.29. The zero-order chi connectivity index (χ0) is 20.4. The van der Waals surface area contributed by atoms with Gasteiger partial charge in [0.2, 0.25) is 0 Å². The van der Waals surface area contributed by atoms with Gasteiger partial charge in [0.25, 0.3) is 5.91 Å². The molecule has 1 aliphatic heterocycles. The molecule has 152 valence electrons. The number of aryl methyl sites for hydroxylation is 2. The molecule has 0 bridgehead atoms. The van der Waals surface area contributed by atoms with Crippen LogP contribution in [0.4, 0.5) is 5.13 Å². The monoisotopic (exact) mass is 411 g/mol. The van der Waals surface area contributed by atoms with Gasteiger partial charge in [0, 0.05) is 26.2 Å². The van der Waals surface area contributed by atoms with Gasteiger partial charge in [-0.05, 0) is 55.3 Å². The first-order valence-electron chi connectivity index (χ1n) is 9.71. The second-order valence-electron chi connectivity index (χ2n) is 7.26. The van der Waals surface area contributed by atoms with E-state index in [0.717, 1.165) is 29.5 Å². The lowest BCUT2D eigenvalue weighted by Crippen LogP contribution is -2.50. The molecule has 0 atom stereocenters. The van der Waals surface area contributed by atoms with Crippen LogP contribution in [-0.4, -0.2) is 55.7 Å². The van der Waals surface area contributed by atoms with Gasteiger partial charge in [-0.25, -0.2) is 4.98 Å². The van der Waals surface area contributed by atoms with Gasteiger partial charge in [-0.3, -0.25) is 4.79 Å². The Morgan fingerprint density at radius 3 is 2.45 bits per heavy atom. The maximum Gasteiger partial charge on any atom is 0.260 e. The van der Waals surface area contributed by atoms with Crippen LogP contribution in [-0.2, 0) is 4.79 Å². The minimum absolute atomic E-state index is 0.0104. The largest absolute Gasteiger partial charge is 0.497 e. The first-order chi connectivity index (χ1) is 14.0. The highest BCUT2D eigenvalue weighted by Gasteiger charge is 2.23. The van der Waals surface area contributed by atoms with Crippen LogP contribution < -0.4 is 14.4 Å². The molecule has 0 unspecified atom stereocenters. The van der Waals surface area contributed by atoms with Crippen molar-refractivity contribution >= 4 is 32.6 Å². The van der Waals surface area contributed by atoms with Crippen LogP contribution >= 0.6 is 11.3 Å². The molecule has 4 rings (SSSR count). The molecule has 7 heteroatoms. The lowest BCUT2D eigenvalue weighted by molar-refractivity contribution is -0.133. The Bertz CT molecular complexity index is 1010. The number of methoxy groups -OCH3 is 1. The molecular weight excluding hydrogens is 386 g/mol. The summed E-state index contributed by atoms with van der Waals surface area (Å²) >= 11 is 1.73. The van der Waals surface area contributed by atoms with Gasteiger partial charge in [-0.15, -0.1) is 0 Å². The Kier molecular flexibility index (Phi) is 5.58. The number of thiazole rings is 1. The predicted molar refractivity (Wildman–Crippen MR) is 116 cm³/mol. The van der Waals surface area contributed by atoms with E-state index in [1.165, 1.54) is 15.8 Å². The molecule has 29 heavy (non-hydrogen) atoms. The zero-order valence-corrected chi connectivity index (χ0v) is 17.8. The molecule has 0 saturated carbocycles. The first kappa shape index (κ1) is 19.5. The van der Waals surface area contributed by atoms with Crippen molar-refractivity contribution in [1.29, 1.82) is 0 Å². The van der Waals surface area contributed by atoms with E-state index in [1.807, 2.05) is 17.0 Å². The fourth-order valence-corrected chi connectivity index (χ4v) is 4.74. The van der Waals surface area contributed by atoms with Crippen molar-refractivity contribution in [2.75, 3.05) is 44.8 Å². The van der Waals surface area contributed by atoms with Crippen LogP contribution in [0, 0.1) is 13.8 Å². The number of amides is 1. The van der Waals surface area contributed by atoms with Crippen molar-refractivity contribution < 1.29 is 14.3 Å². The Hall–Kier alpha value is -2.80. The maximum atomic E-state index is 12.5. The number of carbonyl (C=O) groups is 1. The van der Waals surface area contributed by atoms with Gasteiger partial charge in [0.1, 0.15) is 11.5 Å². The van der Waals surface area contributed by atoms with Crippen molar-refractivity contribution in [3.8, 4) is 11.5 Å². The number of nitrogens with zero attached hydrogens (tertiary/aromatic N) is 3. The third kappa shape index (κ3) is 4.29. The van der Waals surface area contributed by atoms with Gasteiger partial charge in [0.05, 0.1) is 17.3 Å². The number of rotatable bonds is 5. The molecular formula is C22H25N3O3S. The van der Waals surface area contributed by atoms with Gasteiger partial charge < -0.3 is 19.3 Å². The summed E-state index contributed by atoms with van der Waals surface area (Å²) in [5.74, 6) is 1.44. The van der Waals surface area contributed by atoms with E-state index in [4.69, 9.17) is 14.5 Å². The fourth-order valence-electron chi connectivity index (χ4n) is 3.55. The molecule has 3 aromatic rings. The number of piperazine rings is 1. The zero-order valence-electron chi connectivity index (χ0n) is 17.0. The topological polar surface area (TPSA) is 54.9 Å². The molecule has 1 fully saturated rings. The Morgan fingerprint density at radius 1 is 1.07 bits per heavy atom. The van der Waals surface area contributed by atoms with Crippen LogP contribution in [0.3, 0.4) is 0 Å². The van der Waals surface area contributed by atoms with E-state index in [1.54, 1.807) is 30.6 Å². The molecule has 6 nitrogen and oxygen atoms in total. The number of carbonyl (C=O) groups excluding carboxylic acids is 1. The molecule has 2 heterocycles. The first-order valence-corrected chi connectivity index (χ1v) is 10.5. The standard InChI is InChI=1S/C22H25N3O3S/c1-15-12-16(2)21-19(13-15)29-22(23-21)25-10-8-24(9-11-25)20(26)14-28-18-6-4-17(27-3)5-7-18/h4-7,12-13H,8-11,14H2,1-3H3. The number of benzene rings is 2. The van der Waals surface area contributed by atoms with Crippen LogP contribution in [0.2, 0.25) is 0 Å². The quantitative estimate of drug-likeness (QED) is 0.642. The smallest absolute Gasteiger partial charge is 0.260 e. The molecule has 0 radical (unpaired) electrons. The van der Waals surface area contributed by atoms with Crippen molar-refractivity contribution in [3.05, 3.63) is 47.5 Å². The number of hydrogen-bond acceptors (Lipinski definition) is 6. The lowest BCUT2D eigenvalue weighted by Gasteiger charge is -2.34. The maximum absolute atomic E-state index is 12.5. The number of aromatic nitrogens is 1. The number of hydrogen-bond donors (Lipinski definition) is 0. The van der Waals surface area contributed by atoms with E-state index < -0.39 is 0 Å². The molecule has 2 aromatic carbocycles. The molecule has 0 spiro atoms. The summed E-state index contributed by atoms with van der Waals surface area (Å²) in [4.78, 5) is 21.5. The van der Waals surface area contributed by atoms with Crippen LogP contribution in [0.5, 0.6) is 11.5 Å².